The molecule has 0 heterocycles. The Kier molecular flexibility index (Phi) is 1.81. The van der Waals surface area contributed by atoms with Crippen molar-refractivity contribution in [2.75, 3.05) is 11.5 Å². The highest BCUT2D eigenvalue weighted by molar-refractivity contribution is 5.73. The zero-order valence-corrected chi connectivity index (χ0v) is 6.46. The van der Waals surface area contributed by atoms with Crippen molar-refractivity contribution in [1.29, 1.82) is 0 Å². The Bertz CT molecular complexity index is 292. The Hall–Kier alpha value is -1.51. The number of benzene rings is 1. The Labute approximate surface area is 65.7 Å². The second-order valence-corrected chi connectivity index (χ2v) is 2.43. The standard InChI is InChI=1S/C8H11N3/c1-5-3-6(9)4-7(11-2)8(5)10/h3-4H,2,9-10H2,1H3. The summed E-state index contributed by atoms with van der Waals surface area (Å²) < 4.78 is 0. The van der Waals surface area contributed by atoms with E-state index in [2.05, 4.69) is 11.7 Å². The molecule has 0 unspecified atom stereocenters. The van der Waals surface area contributed by atoms with Gasteiger partial charge in [0.2, 0.25) is 0 Å². The zero-order chi connectivity index (χ0) is 8.43. The number of nitrogens with two attached hydrogens (primary N) is 2. The molecule has 0 saturated carbocycles. The van der Waals surface area contributed by atoms with E-state index in [1.807, 2.05) is 13.0 Å². The lowest BCUT2D eigenvalue weighted by Crippen LogP contribution is -1.93. The van der Waals surface area contributed by atoms with Crippen molar-refractivity contribution in [1.82, 2.24) is 0 Å². The molecule has 1 rings (SSSR count). The maximum Gasteiger partial charge on any atom is 0.0874 e. The van der Waals surface area contributed by atoms with Crippen LogP contribution < -0.4 is 11.5 Å². The third kappa shape index (κ3) is 1.32. The quantitative estimate of drug-likeness (QED) is 0.469. The second kappa shape index (κ2) is 2.62. The molecule has 0 aliphatic rings. The van der Waals surface area contributed by atoms with E-state index >= 15 is 0 Å². The van der Waals surface area contributed by atoms with Gasteiger partial charge in [-0.15, -0.1) is 0 Å². The molecule has 0 amide bonds. The van der Waals surface area contributed by atoms with Crippen molar-refractivity contribution in [2.24, 2.45) is 4.99 Å². The lowest BCUT2D eigenvalue weighted by atomic mass is 10.1. The van der Waals surface area contributed by atoms with Gasteiger partial charge in [0.1, 0.15) is 0 Å². The third-order valence-electron chi connectivity index (χ3n) is 1.56. The summed E-state index contributed by atoms with van der Waals surface area (Å²) in [6, 6.07) is 3.51. The summed E-state index contributed by atoms with van der Waals surface area (Å²) in [4.78, 5) is 3.74. The molecule has 3 heteroatoms. The summed E-state index contributed by atoms with van der Waals surface area (Å²) in [5.74, 6) is 0. The van der Waals surface area contributed by atoms with E-state index in [4.69, 9.17) is 11.5 Å². The lowest BCUT2D eigenvalue weighted by molar-refractivity contribution is 1.44. The van der Waals surface area contributed by atoms with Gasteiger partial charge in [0.05, 0.1) is 11.4 Å². The van der Waals surface area contributed by atoms with Crippen LogP contribution in [0.2, 0.25) is 0 Å². The van der Waals surface area contributed by atoms with Crippen LogP contribution in [0.4, 0.5) is 17.1 Å². The van der Waals surface area contributed by atoms with Gasteiger partial charge in [-0.2, -0.15) is 0 Å². The van der Waals surface area contributed by atoms with Crippen molar-refractivity contribution in [3.63, 3.8) is 0 Å². The van der Waals surface area contributed by atoms with Crippen LogP contribution >= 0.6 is 0 Å². The predicted octanol–water partition coefficient (Wildman–Crippen LogP) is 1.49. The summed E-state index contributed by atoms with van der Waals surface area (Å²) >= 11 is 0. The van der Waals surface area contributed by atoms with Gasteiger partial charge in [-0.3, -0.25) is 4.99 Å². The summed E-state index contributed by atoms with van der Waals surface area (Å²) in [5, 5.41) is 0. The van der Waals surface area contributed by atoms with Gasteiger partial charge in [0.15, 0.2) is 0 Å². The first-order chi connectivity index (χ1) is 5.15. The first-order valence-electron chi connectivity index (χ1n) is 3.27. The lowest BCUT2D eigenvalue weighted by Gasteiger charge is -2.04. The minimum absolute atomic E-state index is 0.647. The molecule has 0 bridgehead atoms. The Morgan fingerprint density at radius 1 is 1.36 bits per heavy atom. The predicted molar refractivity (Wildman–Crippen MR) is 49.2 cm³/mol. The first kappa shape index (κ1) is 7.60. The van der Waals surface area contributed by atoms with Gasteiger partial charge >= 0.3 is 0 Å². The molecule has 0 saturated heterocycles. The van der Waals surface area contributed by atoms with Gasteiger partial charge in [0, 0.05) is 5.69 Å². The molecular weight excluding hydrogens is 138 g/mol. The normalized spacial score (nSPS) is 9.55. The van der Waals surface area contributed by atoms with Crippen LogP contribution in [0, 0.1) is 6.92 Å². The number of nitrogen functional groups attached to an aromatic ring is 2. The van der Waals surface area contributed by atoms with Gasteiger partial charge in [-0.1, -0.05) is 0 Å². The Balaban J connectivity index is 3.35. The minimum atomic E-state index is 0.647. The maximum absolute atomic E-state index is 5.67. The number of aliphatic imine (C=N–C) groups is 1. The highest BCUT2D eigenvalue weighted by Crippen LogP contribution is 2.27. The maximum atomic E-state index is 5.67. The average molecular weight is 149 g/mol. The van der Waals surface area contributed by atoms with Gasteiger partial charge in [-0.05, 0) is 31.3 Å². The Morgan fingerprint density at radius 2 is 2.00 bits per heavy atom. The average Bonchev–Trinajstić information content (AvgIpc) is 1.96. The van der Waals surface area contributed by atoms with Crippen LogP contribution in [-0.4, -0.2) is 6.72 Å². The van der Waals surface area contributed by atoms with E-state index in [9.17, 15) is 0 Å². The van der Waals surface area contributed by atoms with Crippen LogP contribution in [0.25, 0.3) is 0 Å². The first-order valence-corrected chi connectivity index (χ1v) is 3.27. The Morgan fingerprint density at radius 3 is 2.55 bits per heavy atom. The largest absolute Gasteiger partial charge is 0.399 e. The highest BCUT2D eigenvalue weighted by atomic mass is 14.8. The third-order valence-corrected chi connectivity index (χ3v) is 1.56. The summed E-state index contributed by atoms with van der Waals surface area (Å²) in [6.07, 6.45) is 0. The summed E-state index contributed by atoms with van der Waals surface area (Å²) in [6.45, 7) is 5.28. The molecule has 1 aromatic rings. The van der Waals surface area contributed by atoms with Crippen LogP contribution in [0.3, 0.4) is 0 Å². The van der Waals surface area contributed by atoms with Crippen molar-refractivity contribution in [3.05, 3.63) is 17.7 Å². The number of nitrogens with zero attached hydrogens (tertiary/aromatic N) is 1. The molecule has 0 spiro atoms. The monoisotopic (exact) mass is 149 g/mol. The number of hydrogen-bond acceptors (Lipinski definition) is 3. The number of rotatable bonds is 1. The summed E-state index contributed by atoms with van der Waals surface area (Å²) in [5.41, 5.74) is 14.1. The fraction of sp³-hybridized carbons (Fsp3) is 0.125. The van der Waals surface area contributed by atoms with E-state index in [1.54, 1.807) is 6.07 Å². The SMILES string of the molecule is C=Nc1cc(N)cc(C)c1N. The van der Waals surface area contributed by atoms with Crippen molar-refractivity contribution in [2.45, 2.75) is 6.92 Å². The molecule has 0 atom stereocenters. The molecule has 0 aliphatic heterocycles. The van der Waals surface area contributed by atoms with Crippen molar-refractivity contribution in [3.8, 4) is 0 Å². The molecule has 3 nitrogen and oxygen atoms in total. The van der Waals surface area contributed by atoms with Gasteiger partial charge in [-0.25, -0.2) is 0 Å². The minimum Gasteiger partial charge on any atom is -0.399 e. The van der Waals surface area contributed by atoms with Gasteiger partial charge < -0.3 is 11.5 Å². The van der Waals surface area contributed by atoms with E-state index in [-0.39, 0.29) is 0 Å². The van der Waals surface area contributed by atoms with Crippen LogP contribution in [0.1, 0.15) is 5.56 Å². The van der Waals surface area contributed by atoms with E-state index in [0.29, 0.717) is 17.1 Å². The molecule has 11 heavy (non-hydrogen) atoms. The fourth-order valence-electron chi connectivity index (χ4n) is 0.938. The van der Waals surface area contributed by atoms with Crippen molar-refractivity contribution < 1.29 is 0 Å². The second-order valence-electron chi connectivity index (χ2n) is 2.43. The molecule has 0 aliphatic carbocycles. The van der Waals surface area contributed by atoms with Crippen molar-refractivity contribution >= 4 is 23.8 Å². The topological polar surface area (TPSA) is 64.4 Å². The molecule has 0 radical (unpaired) electrons. The molecular formula is C8H11N3. The number of anilines is 2. The van der Waals surface area contributed by atoms with E-state index < -0.39 is 0 Å². The molecule has 0 aromatic heterocycles. The van der Waals surface area contributed by atoms with E-state index in [0.717, 1.165) is 5.56 Å². The number of hydrogen-bond donors (Lipinski definition) is 2. The zero-order valence-electron chi connectivity index (χ0n) is 6.46. The summed E-state index contributed by atoms with van der Waals surface area (Å²) in [7, 11) is 0. The molecule has 0 fully saturated rings. The van der Waals surface area contributed by atoms with E-state index in [1.165, 1.54) is 0 Å². The molecule has 1 aromatic carbocycles. The van der Waals surface area contributed by atoms with Crippen LogP contribution in [0.5, 0.6) is 0 Å². The van der Waals surface area contributed by atoms with Gasteiger partial charge in [0.25, 0.3) is 0 Å². The molecule has 58 valence electrons. The van der Waals surface area contributed by atoms with Crippen LogP contribution in [0.15, 0.2) is 17.1 Å². The fourth-order valence-corrected chi connectivity index (χ4v) is 0.938. The highest BCUT2D eigenvalue weighted by Gasteiger charge is 2.00. The smallest absolute Gasteiger partial charge is 0.0874 e. The number of aryl methyl sites for hydroxylation is 1. The van der Waals surface area contributed by atoms with Crippen LogP contribution in [-0.2, 0) is 0 Å². The molecule has 4 N–H and O–H groups in total.